The number of ketones is 1. The third-order valence-corrected chi connectivity index (χ3v) is 10.3. The Hall–Kier alpha value is -0.940. The molecule has 4 saturated carbocycles. The van der Waals surface area contributed by atoms with Crippen molar-refractivity contribution in [3.05, 3.63) is 0 Å². The van der Waals surface area contributed by atoms with E-state index < -0.39 is 6.10 Å². The Kier molecular flexibility index (Phi) is 5.85. The Labute approximate surface area is 180 Å². The van der Waals surface area contributed by atoms with Crippen LogP contribution in [0.25, 0.3) is 0 Å². The maximum atomic E-state index is 13.4. The molecule has 4 aliphatic carbocycles. The summed E-state index contributed by atoms with van der Waals surface area (Å²) < 4.78 is 4.82. The molecule has 4 rings (SSSR count). The zero-order chi connectivity index (χ0) is 21.8. The van der Waals surface area contributed by atoms with Gasteiger partial charge in [-0.05, 0) is 80.0 Å². The Balaban J connectivity index is 1.59. The number of methoxy groups -OCH3 is 1. The van der Waals surface area contributed by atoms with Gasteiger partial charge >= 0.3 is 5.97 Å². The minimum atomic E-state index is -0.410. The first-order chi connectivity index (χ1) is 14.1. The minimum Gasteiger partial charge on any atom is -0.469 e. The SMILES string of the molecule is COC(=O)CC[C@H](C)[C@@H]1CC[C@@H]2[C@H]3C(=O)C[C@H]4C[C@@H](O)CC[C@@]4(C)[C@@H]3C[C@@H](O)[C@]21C. The molecule has 0 amide bonds. The fraction of sp³-hybridized carbons (Fsp3) is 0.920. The van der Waals surface area contributed by atoms with Gasteiger partial charge in [0.1, 0.15) is 5.78 Å². The van der Waals surface area contributed by atoms with E-state index in [-0.39, 0.29) is 46.6 Å². The Morgan fingerprint density at radius 3 is 2.60 bits per heavy atom. The van der Waals surface area contributed by atoms with Crippen LogP contribution in [0.4, 0.5) is 0 Å². The van der Waals surface area contributed by atoms with Crippen molar-refractivity contribution in [1.29, 1.82) is 0 Å². The van der Waals surface area contributed by atoms with E-state index in [1.165, 1.54) is 7.11 Å². The van der Waals surface area contributed by atoms with E-state index in [0.717, 1.165) is 38.5 Å². The molecule has 4 aliphatic rings. The molecule has 30 heavy (non-hydrogen) atoms. The van der Waals surface area contributed by atoms with E-state index in [0.29, 0.717) is 36.9 Å². The third kappa shape index (κ3) is 3.26. The number of esters is 1. The van der Waals surface area contributed by atoms with Crippen molar-refractivity contribution in [2.75, 3.05) is 7.11 Å². The van der Waals surface area contributed by atoms with E-state index >= 15 is 0 Å². The lowest BCUT2D eigenvalue weighted by Gasteiger charge is -2.61. The molecule has 5 nitrogen and oxygen atoms in total. The summed E-state index contributed by atoms with van der Waals surface area (Å²) in [4.78, 5) is 25.1. The minimum absolute atomic E-state index is 0.0488. The fourth-order valence-corrected chi connectivity index (χ4v) is 8.49. The summed E-state index contributed by atoms with van der Waals surface area (Å²) in [6.45, 7) is 6.74. The maximum absolute atomic E-state index is 13.4. The molecule has 170 valence electrons. The molecule has 0 radical (unpaired) electrons. The van der Waals surface area contributed by atoms with Crippen molar-refractivity contribution < 1.29 is 24.5 Å². The van der Waals surface area contributed by atoms with Crippen molar-refractivity contribution in [3.63, 3.8) is 0 Å². The predicted molar refractivity (Wildman–Crippen MR) is 113 cm³/mol. The number of hydrogen-bond donors (Lipinski definition) is 2. The number of carbonyl (C=O) groups is 2. The number of rotatable bonds is 4. The molecule has 0 aromatic heterocycles. The highest BCUT2D eigenvalue weighted by atomic mass is 16.5. The second-order valence-corrected chi connectivity index (χ2v) is 11.4. The van der Waals surface area contributed by atoms with Gasteiger partial charge in [-0.1, -0.05) is 20.8 Å². The summed E-state index contributed by atoms with van der Waals surface area (Å²) in [6.07, 6.45) is 6.32. The van der Waals surface area contributed by atoms with Gasteiger partial charge < -0.3 is 14.9 Å². The van der Waals surface area contributed by atoms with Crippen molar-refractivity contribution in [3.8, 4) is 0 Å². The highest BCUT2D eigenvalue weighted by Gasteiger charge is 2.65. The molecule has 0 aromatic rings. The molecule has 0 bridgehead atoms. The maximum Gasteiger partial charge on any atom is 0.305 e. The number of aliphatic hydroxyl groups is 2. The number of ether oxygens (including phenoxy) is 1. The molecule has 2 N–H and O–H groups in total. The number of hydrogen-bond acceptors (Lipinski definition) is 5. The van der Waals surface area contributed by atoms with Gasteiger partial charge in [0.25, 0.3) is 0 Å². The zero-order valence-corrected chi connectivity index (χ0v) is 19.1. The normalized spacial score (nSPS) is 49.0. The van der Waals surface area contributed by atoms with Gasteiger partial charge in [0.05, 0.1) is 19.3 Å². The Morgan fingerprint density at radius 2 is 1.90 bits per heavy atom. The molecule has 5 heteroatoms. The molecule has 0 heterocycles. The summed E-state index contributed by atoms with van der Waals surface area (Å²) in [7, 11) is 1.43. The first-order valence-electron chi connectivity index (χ1n) is 12.1. The number of carbonyl (C=O) groups excluding carboxylic acids is 2. The van der Waals surface area contributed by atoms with Crippen LogP contribution in [0, 0.1) is 46.3 Å². The van der Waals surface area contributed by atoms with E-state index in [1.807, 2.05) is 0 Å². The molecule has 10 atom stereocenters. The standard InChI is InChI=1S/C25H40O5/c1-14(5-8-22(29)30-4)17-6-7-18-23-19(13-21(28)25(17,18)3)24(2)10-9-16(26)11-15(24)12-20(23)27/h14-19,21,23,26,28H,5-13H2,1-4H3/t14-,15+,16-,17-,18+,19+,21+,23+,24+,25-/m0/s1. The number of fused-ring (bicyclic) bond motifs is 5. The van der Waals surface area contributed by atoms with Crippen LogP contribution in [0.1, 0.15) is 78.6 Å². The lowest BCUT2D eigenvalue weighted by molar-refractivity contribution is -0.182. The first-order valence-corrected chi connectivity index (χ1v) is 12.1. The molecule has 0 unspecified atom stereocenters. The lowest BCUT2D eigenvalue weighted by Crippen LogP contribution is -2.61. The summed E-state index contributed by atoms with van der Waals surface area (Å²) in [6, 6.07) is 0. The molecule has 0 spiro atoms. The summed E-state index contributed by atoms with van der Waals surface area (Å²) >= 11 is 0. The largest absolute Gasteiger partial charge is 0.469 e. The van der Waals surface area contributed by atoms with Crippen LogP contribution in [-0.4, -0.2) is 41.3 Å². The van der Waals surface area contributed by atoms with Gasteiger partial charge in [0.15, 0.2) is 0 Å². The highest BCUT2D eigenvalue weighted by Crippen LogP contribution is 2.67. The second-order valence-electron chi connectivity index (χ2n) is 11.4. The highest BCUT2D eigenvalue weighted by molar-refractivity contribution is 5.83. The van der Waals surface area contributed by atoms with Crippen LogP contribution in [0.5, 0.6) is 0 Å². The Morgan fingerprint density at radius 1 is 1.17 bits per heavy atom. The molecule has 0 saturated heterocycles. The third-order valence-electron chi connectivity index (χ3n) is 10.3. The quantitative estimate of drug-likeness (QED) is 0.677. The van der Waals surface area contributed by atoms with Gasteiger partial charge in [-0.2, -0.15) is 0 Å². The topological polar surface area (TPSA) is 83.8 Å². The van der Waals surface area contributed by atoms with Crippen LogP contribution < -0.4 is 0 Å². The average molecular weight is 421 g/mol. The van der Waals surface area contributed by atoms with Gasteiger partial charge in [-0.15, -0.1) is 0 Å². The second kappa shape index (κ2) is 7.88. The van der Waals surface area contributed by atoms with Crippen LogP contribution >= 0.6 is 0 Å². The van der Waals surface area contributed by atoms with Crippen molar-refractivity contribution in [2.45, 2.75) is 90.8 Å². The van der Waals surface area contributed by atoms with E-state index in [9.17, 15) is 19.8 Å². The lowest BCUT2D eigenvalue weighted by atomic mass is 9.43. The van der Waals surface area contributed by atoms with Crippen LogP contribution in [0.15, 0.2) is 0 Å². The molecular formula is C25H40O5. The predicted octanol–water partition coefficient (Wildman–Crippen LogP) is 3.75. The van der Waals surface area contributed by atoms with Crippen molar-refractivity contribution in [2.24, 2.45) is 46.3 Å². The summed E-state index contributed by atoms with van der Waals surface area (Å²) in [5, 5.41) is 21.7. The Bertz CT molecular complexity index is 691. The summed E-state index contributed by atoms with van der Waals surface area (Å²) in [5.41, 5.74) is -0.210. The van der Waals surface area contributed by atoms with Crippen LogP contribution in [-0.2, 0) is 14.3 Å². The molecule has 0 aliphatic heterocycles. The van der Waals surface area contributed by atoms with Gasteiger partial charge in [0, 0.05) is 24.2 Å². The average Bonchev–Trinajstić information content (AvgIpc) is 3.06. The monoisotopic (exact) mass is 420 g/mol. The zero-order valence-electron chi connectivity index (χ0n) is 19.1. The van der Waals surface area contributed by atoms with Crippen molar-refractivity contribution >= 4 is 11.8 Å². The van der Waals surface area contributed by atoms with Crippen LogP contribution in [0.3, 0.4) is 0 Å². The smallest absolute Gasteiger partial charge is 0.305 e. The van der Waals surface area contributed by atoms with E-state index in [4.69, 9.17) is 4.74 Å². The van der Waals surface area contributed by atoms with Crippen LogP contribution in [0.2, 0.25) is 0 Å². The molecule has 0 aromatic carbocycles. The van der Waals surface area contributed by atoms with E-state index in [1.54, 1.807) is 0 Å². The van der Waals surface area contributed by atoms with Gasteiger partial charge in [0.2, 0.25) is 0 Å². The molecular weight excluding hydrogens is 380 g/mol. The van der Waals surface area contributed by atoms with E-state index in [2.05, 4.69) is 20.8 Å². The van der Waals surface area contributed by atoms with Gasteiger partial charge in [-0.3, -0.25) is 9.59 Å². The number of Topliss-reactive ketones (excluding diaryl/α,β-unsaturated/α-hetero) is 1. The number of aliphatic hydroxyl groups excluding tert-OH is 2. The fourth-order valence-electron chi connectivity index (χ4n) is 8.49. The first kappa shape index (κ1) is 22.3. The molecule has 4 fully saturated rings. The summed E-state index contributed by atoms with van der Waals surface area (Å²) in [5.74, 6) is 1.61. The van der Waals surface area contributed by atoms with Crippen molar-refractivity contribution in [1.82, 2.24) is 0 Å². The van der Waals surface area contributed by atoms with Gasteiger partial charge in [-0.25, -0.2) is 0 Å².